The van der Waals surface area contributed by atoms with Gasteiger partial charge in [0.2, 0.25) is 0 Å². The maximum absolute atomic E-state index is 11.2. The maximum atomic E-state index is 11.2. The number of rotatable bonds is 4. The maximum Gasteiger partial charge on any atom is 0.339 e. The van der Waals surface area contributed by atoms with E-state index in [0.717, 1.165) is 10.9 Å². The molecule has 2 rings (SSSR count). The molecular formula is C15H14N2O2. The molecule has 0 radical (unpaired) electrons. The Morgan fingerprint density at radius 1 is 1.42 bits per heavy atom. The van der Waals surface area contributed by atoms with E-state index >= 15 is 0 Å². The molecule has 1 aromatic carbocycles. The van der Waals surface area contributed by atoms with Gasteiger partial charge in [-0.2, -0.15) is 0 Å². The second-order valence-corrected chi connectivity index (χ2v) is 3.97. The Morgan fingerprint density at radius 2 is 2.21 bits per heavy atom. The standard InChI is InChI=1S/C15H14N2O2/c1-2-3-6-9-16-14-11-7-4-5-8-13(11)17-10-12(14)15(18)19/h4-5,7-8,10H,6,9H2,1H3,(H,16,17)(H,18,19). The molecule has 2 aromatic rings. The molecule has 0 unspecified atom stereocenters. The van der Waals surface area contributed by atoms with Gasteiger partial charge in [-0.25, -0.2) is 4.79 Å². The van der Waals surface area contributed by atoms with E-state index in [2.05, 4.69) is 22.1 Å². The first kappa shape index (κ1) is 12.9. The highest BCUT2D eigenvalue weighted by atomic mass is 16.4. The van der Waals surface area contributed by atoms with Gasteiger partial charge in [-0.05, 0) is 13.0 Å². The van der Waals surface area contributed by atoms with Gasteiger partial charge >= 0.3 is 5.97 Å². The number of benzene rings is 1. The molecule has 0 atom stereocenters. The summed E-state index contributed by atoms with van der Waals surface area (Å²) in [6.07, 6.45) is 2.06. The van der Waals surface area contributed by atoms with Crippen molar-refractivity contribution in [2.24, 2.45) is 0 Å². The third-order valence-electron chi connectivity index (χ3n) is 2.73. The van der Waals surface area contributed by atoms with Crippen molar-refractivity contribution in [1.82, 2.24) is 4.98 Å². The van der Waals surface area contributed by atoms with Gasteiger partial charge in [-0.3, -0.25) is 4.98 Å². The van der Waals surface area contributed by atoms with E-state index in [1.54, 1.807) is 6.92 Å². The Balaban J connectivity index is 2.42. The van der Waals surface area contributed by atoms with Crippen molar-refractivity contribution in [2.75, 3.05) is 11.9 Å². The molecule has 0 aliphatic carbocycles. The summed E-state index contributed by atoms with van der Waals surface area (Å²) < 4.78 is 0. The molecule has 0 aliphatic heterocycles. The molecule has 1 heterocycles. The van der Waals surface area contributed by atoms with Crippen LogP contribution in [0.1, 0.15) is 23.7 Å². The summed E-state index contributed by atoms with van der Waals surface area (Å²) in [7, 11) is 0. The summed E-state index contributed by atoms with van der Waals surface area (Å²) >= 11 is 0. The molecule has 0 bridgehead atoms. The van der Waals surface area contributed by atoms with Crippen LogP contribution in [0.25, 0.3) is 10.9 Å². The zero-order valence-electron chi connectivity index (χ0n) is 10.6. The van der Waals surface area contributed by atoms with E-state index in [0.29, 0.717) is 18.7 Å². The predicted molar refractivity (Wildman–Crippen MR) is 75.3 cm³/mol. The van der Waals surface area contributed by atoms with Crippen LogP contribution in [-0.4, -0.2) is 22.6 Å². The molecule has 4 heteroatoms. The van der Waals surface area contributed by atoms with Crippen molar-refractivity contribution in [3.8, 4) is 11.8 Å². The van der Waals surface area contributed by atoms with Crippen LogP contribution in [0.2, 0.25) is 0 Å². The lowest BCUT2D eigenvalue weighted by molar-refractivity contribution is 0.0697. The van der Waals surface area contributed by atoms with Crippen molar-refractivity contribution < 1.29 is 9.90 Å². The molecule has 0 amide bonds. The van der Waals surface area contributed by atoms with Gasteiger partial charge in [0, 0.05) is 24.5 Å². The minimum absolute atomic E-state index is 0.183. The largest absolute Gasteiger partial charge is 0.478 e. The molecule has 0 fully saturated rings. The molecule has 1 aromatic heterocycles. The average molecular weight is 254 g/mol. The van der Waals surface area contributed by atoms with Crippen LogP contribution in [0, 0.1) is 11.8 Å². The second-order valence-electron chi connectivity index (χ2n) is 3.97. The molecule has 4 nitrogen and oxygen atoms in total. The number of nitrogens with zero attached hydrogens (tertiary/aromatic N) is 1. The quantitative estimate of drug-likeness (QED) is 0.650. The highest BCUT2D eigenvalue weighted by Gasteiger charge is 2.13. The molecule has 19 heavy (non-hydrogen) atoms. The number of aromatic nitrogens is 1. The number of aromatic carboxylic acids is 1. The fourth-order valence-corrected chi connectivity index (χ4v) is 1.87. The van der Waals surface area contributed by atoms with Crippen LogP contribution in [0.5, 0.6) is 0 Å². The molecule has 0 saturated carbocycles. The van der Waals surface area contributed by atoms with Gasteiger partial charge in [0.05, 0.1) is 11.2 Å². The third kappa shape index (κ3) is 2.83. The van der Waals surface area contributed by atoms with E-state index in [4.69, 9.17) is 0 Å². The normalized spacial score (nSPS) is 9.74. The number of anilines is 1. The number of carbonyl (C=O) groups is 1. The van der Waals surface area contributed by atoms with E-state index in [-0.39, 0.29) is 5.56 Å². The van der Waals surface area contributed by atoms with Gasteiger partial charge in [-0.15, -0.1) is 11.8 Å². The zero-order chi connectivity index (χ0) is 13.7. The fraction of sp³-hybridized carbons (Fsp3) is 0.200. The Hall–Kier alpha value is -2.54. The van der Waals surface area contributed by atoms with Crippen molar-refractivity contribution in [3.05, 3.63) is 36.0 Å². The summed E-state index contributed by atoms with van der Waals surface area (Å²) in [4.78, 5) is 15.4. The summed E-state index contributed by atoms with van der Waals surface area (Å²) in [6, 6.07) is 7.47. The molecular weight excluding hydrogens is 240 g/mol. The first-order chi connectivity index (χ1) is 9.24. The van der Waals surface area contributed by atoms with Crippen LogP contribution in [0.15, 0.2) is 30.5 Å². The SMILES string of the molecule is CC#CCCNc1c(C(=O)O)cnc2ccccc12. The Labute approximate surface area is 111 Å². The lowest BCUT2D eigenvalue weighted by Gasteiger charge is -2.11. The van der Waals surface area contributed by atoms with E-state index in [1.165, 1.54) is 6.20 Å². The van der Waals surface area contributed by atoms with E-state index in [9.17, 15) is 9.90 Å². The van der Waals surface area contributed by atoms with Gasteiger partial charge < -0.3 is 10.4 Å². The van der Waals surface area contributed by atoms with E-state index < -0.39 is 5.97 Å². The lowest BCUT2D eigenvalue weighted by atomic mass is 10.1. The number of nitrogens with one attached hydrogen (secondary N) is 1. The van der Waals surface area contributed by atoms with Gasteiger partial charge in [0.15, 0.2) is 0 Å². The van der Waals surface area contributed by atoms with Crippen LogP contribution < -0.4 is 5.32 Å². The van der Waals surface area contributed by atoms with Crippen molar-refractivity contribution in [2.45, 2.75) is 13.3 Å². The highest BCUT2D eigenvalue weighted by Crippen LogP contribution is 2.25. The molecule has 96 valence electrons. The predicted octanol–water partition coefficient (Wildman–Crippen LogP) is 2.76. The summed E-state index contributed by atoms with van der Waals surface area (Å²) in [5, 5.41) is 13.2. The Morgan fingerprint density at radius 3 is 2.95 bits per heavy atom. The number of para-hydroxylation sites is 1. The van der Waals surface area contributed by atoms with Crippen molar-refractivity contribution in [3.63, 3.8) is 0 Å². The average Bonchev–Trinajstić information content (AvgIpc) is 2.43. The van der Waals surface area contributed by atoms with Crippen LogP contribution >= 0.6 is 0 Å². The van der Waals surface area contributed by atoms with E-state index in [1.807, 2.05) is 24.3 Å². The number of carboxylic acids is 1. The topological polar surface area (TPSA) is 62.2 Å². The number of pyridine rings is 1. The smallest absolute Gasteiger partial charge is 0.339 e. The number of hydrogen-bond donors (Lipinski definition) is 2. The van der Waals surface area contributed by atoms with Crippen LogP contribution in [0.4, 0.5) is 5.69 Å². The number of hydrogen-bond acceptors (Lipinski definition) is 3. The Bertz CT molecular complexity index is 669. The zero-order valence-corrected chi connectivity index (χ0v) is 10.6. The fourth-order valence-electron chi connectivity index (χ4n) is 1.87. The summed E-state index contributed by atoms with van der Waals surface area (Å²) in [5.41, 5.74) is 1.57. The molecule has 0 spiro atoms. The molecule has 0 saturated heterocycles. The highest BCUT2D eigenvalue weighted by molar-refractivity contribution is 6.04. The summed E-state index contributed by atoms with van der Waals surface area (Å²) in [5.74, 6) is 4.77. The first-order valence-corrected chi connectivity index (χ1v) is 5.98. The minimum atomic E-state index is -0.984. The molecule has 2 N–H and O–H groups in total. The first-order valence-electron chi connectivity index (χ1n) is 5.98. The van der Waals surface area contributed by atoms with Crippen LogP contribution in [0.3, 0.4) is 0 Å². The third-order valence-corrected chi connectivity index (χ3v) is 2.73. The minimum Gasteiger partial charge on any atom is -0.478 e. The number of fused-ring (bicyclic) bond motifs is 1. The number of carboxylic acid groups (broad SMARTS) is 1. The second kappa shape index (κ2) is 5.87. The van der Waals surface area contributed by atoms with Gasteiger partial charge in [-0.1, -0.05) is 18.2 Å². The summed E-state index contributed by atoms with van der Waals surface area (Å²) in [6.45, 7) is 2.39. The van der Waals surface area contributed by atoms with Crippen LogP contribution in [-0.2, 0) is 0 Å². The van der Waals surface area contributed by atoms with Gasteiger partial charge in [0.1, 0.15) is 5.56 Å². The monoisotopic (exact) mass is 254 g/mol. The molecule has 0 aliphatic rings. The Kier molecular flexibility index (Phi) is 3.99. The van der Waals surface area contributed by atoms with Gasteiger partial charge in [0.25, 0.3) is 0 Å². The van der Waals surface area contributed by atoms with Crippen molar-refractivity contribution >= 4 is 22.6 Å². The van der Waals surface area contributed by atoms with Crippen molar-refractivity contribution in [1.29, 1.82) is 0 Å². The lowest BCUT2D eigenvalue weighted by Crippen LogP contribution is -2.08.